The number of aromatic nitrogens is 1. The molecule has 1 atom stereocenters. The summed E-state index contributed by atoms with van der Waals surface area (Å²) in [6, 6.07) is 10.7. The molecular formula is C17H16N4O2. The molecule has 2 amide bonds. The van der Waals surface area contributed by atoms with Gasteiger partial charge in [-0.1, -0.05) is 19.1 Å². The van der Waals surface area contributed by atoms with Gasteiger partial charge in [-0.05, 0) is 29.8 Å². The van der Waals surface area contributed by atoms with Crippen molar-refractivity contribution >= 4 is 23.2 Å². The van der Waals surface area contributed by atoms with Gasteiger partial charge in [0.05, 0.1) is 5.71 Å². The molecule has 6 heteroatoms. The van der Waals surface area contributed by atoms with Crippen molar-refractivity contribution in [3.05, 3.63) is 59.9 Å². The van der Waals surface area contributed by atoms with E-state index in [-0.39, 0.29) is 17.7 Å². The summed E-state index contributed by atoms with van der Waals surface area (Å²) in [5, 5.41) is 6.95. The van der Waals surface area contributed by atoms with Gasteiger partial charge in [-0.3, -0.25) is 14.6 Å². The SMILES string of the molecule is CC1CC(=O)NN=C1c1ccc(NC(=O)c2ccncc2)cc1. The highest BCUT2D eigenvalue weighted by molar-refractivity contribution is 6.07. The maximum absolute atomic E-state index is 12.1. The van der Waals surface area contributed by atoms with Crippen molar-refractivity contribution in [2.24, 2.45) is 11.0 Å². The fraction of sp³-hybridized carbons (Fsp3) is 0.176. The summed E-state index contributed by atoms with van der Waals surface area (Å²) in [4.78, 5) is 27.3. The van der Waals surface area contributed by atoms with Crippen LogP contribution in [0.3, 0.4) is 0 Å². The van der Waals surface area contributed by atoms with E-state index in [1.807, 2.05) is 31.2 Å². The monoisotopic (exact) mass is 308 g/mol. The van der Waals surface area contributed by atoms with Crippen molar-refractivity contribution in [3.63, 3.8) is 0 Å². The first-order valence-corrected chi connectivity index (χ1v) is 7.32. The van der Waals surface area contributed by atoms with Crippen LogP contribution in [0.15, 0.2) is 53.9 Å². The lowest BCUT2D eigenvalue weighted by atomic mass is 9.94. The van der Waals surface area contributed by atoms with E-state index in [2.05, 4.69) is 20.8 Å². The predicted molar refractivity (Wildman–Crippen MR) is 87.1 cm³/mol. The quantitative estimate of drug-likeness (QED) is 0.911. The number of rotatable bonds is 3. The molecule has 1 aliphatic heterocycles. The molecule has 23 heavy (non-hydrogen) atoms. The van der Waals surface area contributed by atoms with Crippen LogP contribution in [0.25, 0.3) is 0 Å². The first kappa shape index (κ1) is 14.9. The molecule has 0 spiro atoms. The van der Waals surface area contributed by atoms with Gasteiger partial charge in [0.2, 0.25) is 5.91 Å². The standard InChI is InChI=1S/C17H16N4O2/c1-11-10-15(22)20-21-16(11)12-2-4-14(5-3-12)19-17(23)13-6-8-18-9-7-13/h2-9,11H,10H2,1H3,(H,19,23)(H,20,22). The number of benzene rings is 1. The van der Waals surface area contributed by atoms with E-state index in [0.717, 1.165) is 11.3 Å². The van der Waals surface area contributed by atoms with Crippen LogP contribution in [0.4, 0.5) is 5.69 Å². The lowest BCUT2D eigenvalue weighted by molar-refractivity contribution is -0.121. The molecule has 1 aliphatic rings. The van der Waals surface area contributed by atoms with E-state index in [9.17, 15) is 9.59 Å². The second kappa shape index (κ2) is 6.39. The highest BCUT2D eigenvalue weighted by atomic mass is 16.2. The molecule has 0 saturated heterocycles. The van der Waals surface area contributed by atoms with E-state index < -0.39 is 0 Å². The number of pyridine rings is 1. The third kappa shape index (κ3) is 3.42. The number of nitrogens with zero attached hydrogens (tertiary/aromatic N) is 2. The van der Waals surface area contributed by atoms with Crippen LogP contribution in [0.1, 0.15) is 29.3 Å². The van der Waals surface area contributed by atoms with Gasteiger partial charge in [-0.25, -0.2) is 5.43 Å². The zero-order chi connectivity index (χ0) is 16.2. The number of hydrogen-bond donors (Lipinski definition) is 2. The predicted octanol–water partition coefficient (Wildman–Crippen LogP) is 2.19. The smallest absolute Gasteiger partial charge is 0.255 e. The van der Waals surface area contributed by atoms with Gasteiger partial charge in [0.25, 0.3) is 5.91 Å². The zero-order valence-electron chi connectivity index (χ0n) is 12.6. The molecule has 0 bridgehead atoms. The molecule has 0 aliphatic carbocycles. The third-order valence-electron chi connectivity index (χ3n) is 3.64. The molecule has 0 saturated carbocycles. The minimum absolute atomic E-state index is 0.0671. The molecule has 2 N–H and O–H groups in total. The average Bonchev–Trinajstić information content (AvgIpc) is 2.57. The maximum Gasteiger partial charge on any atom is 0.255 e. The van der Waals surface area contributed by atoms with Gasteiger partial charge in [0.15, 0.2) is 0 Å². The molecule has 0 radical (unpaired) electrons. The van der Waals surface area contributed by atoms with Crippen molar-refractivity contribution in [1.82, 2.24) is 10.4 Å². The Morgan fingerprint density at radius 2 is 1.87 bits per heavy atom. The Bertz CT molecular complexity index is 754. The molecule has 116 valence electrons. The Balaban J connectivity index is 1.73. The Hall–Kier alpha value is -3.02. The molecule has 2 aromatic rings. The highest BCUT2D eigenvalue weighted by Gasteiger charge is 2.21. The minimum Gasteiger partial charge on any atom is -0.322 e. The summed E-state index contributed by atoms with van der Waals surface area (Å²) in [6.45, 7) is 1.97. The van der Waals surface area contributed by atoms with Gasteiger partial charge in [-0.15, -0.1) is 0 Å². The zero-order valence-corrected chi connectivity index (χ0v) is 12.6. The van der Waals surface area contributed by atoms with Crippen molar-refractivity contribution in [2.45, 2.75) is 13.3 Å². The van der Waals surface area contributed by atoms with Crippen LogP contribution >= 0.6 is 0 Å². The molecule has 0 fully saturated rings. The first-order chi connectivity index (χ1) is 11.1. The summed E-state index contributed by atoms with van der Waals surface area (Å²) in [7, 11) is 0. The summed E-state index contributed by atoms with van der Waals surface area (Å²) in [5.41, 5.74) is 5.53. The van der Waals surface area contributed by atoms with Crippen LogP contribution in [-0.4, -0.2) is 22.5 Å². The highest BCUT2D eigenvalue weighted by Crippen LogP contribution is 2.18. The minimum atomic E-state index is -0.184. The van der Waals surface area contributed by atoms with Gasteiger partial charge < -0.3 is 5.32 Å². The molecule has 3 rings (SSSR count). The number of anilines is 1. The normalized spacial score (nSPS) is 17.2. The summed E-state index contributed by atoms with van der Waals surface area (Å²) in [5.74, 6) is -0.181. The molecule has 2 heterocycles. The van der Waals surface area contributed by atoms with Crippen LogP contribution in [0.2, 0.25) is 0 Å². The van der Waals surface area contributed by atoms with Crippen LogP contribution in [0.5, 0.6) is 0 Å². The van der Waals surface area contributed by atoms with Crippen molar-refractivity contribution in [3.8, 4) is 0 Å². The molecule has 1 aromatic heterocycles. The molecule has 6 nitrogen and oxygen atoms in total. The first-order valence-electron chi connectivity index (χ1n) is 7.32. The lowest BCUT2D eigenvalue weighted by Crippen LogP contribution is -2.31. The Kier molecular flexibility index (Phi) is 4.14. The van der Waals surface area contributed by atoms with Crippen LogP contribution in [-0.2, 0) is 4.79 Å². The van der Waals surface area contributed by atoms with Crippen molar-refractivity contribution in [2.75, 3.05) is 5.32 Å². The molecular weight excluding hydrogens is 292 g/mol. The summed E-state index contributed by atoms with van der Waals surface area (Å²) >= 11 is 0. The Morgan fingerprint density at radius 1 is 1.17 bits per heavy atom. The number of carbonyl (C=O) groups excluding carboxylic acids is 2. The average molecular weight is 308 g/mol. The van der Waals surface area contributed by atoms with Gasteiger partial charge in [-0.2, -0.15) is 5.10 Å². The number of hydrogen-bond acceptors (Lipinski definition) is 4. The topological polar surface area (TPSA) is 83.5 Å². The van der Waals surface area contributed by atoms with Crippen molar-refractivity contribution < 1.29 is 9.59 Å². The second-order valence-corrected chi connectivity index (χ2v) is 5.40. The van der Waals surface area contributed by atoms with E-state index in [1.165, 1.54) is 0 Å². The molecule has 1 unspecified atom stereocenters. The maximum atomic E-state index is 12.1. The van der Waals surface area contributed by atoms with E-state index in [1.54, 1.807) is 24.5 Å². The van der Waals surface area contributed by atoms with E-state index in [0.29, 0.717) is 17.7 Å². The lowest BCUT2D eigenvalue weighted by Gasteiger charge is -2.19. The Morgan fingerprint density at radius 3 is 2.52 bits per heavy atom. The van der Waals surface area contributed by atoms with Crippen LogP contribution < -0.4 is 10.7 Å². The van der Waals surface area contributed by atoms with Crippen LogP contribution in [0, 0.1) is 5.92 Å². The van der Waals surface area contributed by atoms with Gasteiger partial charge >= 0.3 is 0 Å². The molecule has 1 aromatic carbocycles. The van der Waals surface area contributed by atoms with Crippen molar-refractivity contribution in [1.29, 1.82) is 0 Å². The summed E-state index contributed by atoms with van der Waals surface area (Å²) < 4.78 is 0. The van der Waals surface area contributed by atoms with Gasteiger partial charge in [0.1, 0.15) is 0 Å². The number of carbonyl (C=O) groups is 2. The fourth-order valence-electron chi connectivity index (χ4n) is 2.43. The van der Waals surface area contributed by atoms with Gasteiger partial charge in [0, 0.05) is 36.0 Å². The number of hydrazone groups is 1. The number of nitrogens with one attached hydrogen (secondary N) is 2. The fourth-order valence-corrected chi connectivity index (χ4v) is 2.43. The van der Waals surface area contributed by atoms with E-state index in [4.69, 9.17) is 0 Å². The second-order valence-electron chi connectivity index (χ2n) is 5.40. The third-order valence-corrected chi connectivity index (χ3v) is 3.64. The Labute approximate surface area is 133 Å². The largest absolute Gasteiger partial charge is 0.322 e. The summed E-state index contributed by atoms with van der Waals surface area (Å²) in [6.07, 6.45) is 3.59. The van der Waals surface area contributed by atoms with E-state index >= 15 is 0 Å². The number of amides is 2.